The summed E-state index contributed by atoms with van der Waals surface area (Å²) in [4.78, 5) is 11.3. The number of hydrogen-bond acceptors (Lipinski definition) is 2. The van der Waals surface area contributed by atoms with Crippen LogP contribution < -0.4 is 0 Å². The van der Waals surface area contributed by atoms with Gasteiger partial charge in [-0.25, -0.2) is 9.97 Å². The van der Waals surface area contributed by atoms with Gasteiger partial charge in [0.1, 0.15) is 11.0 Å². The van der Waals surface area contributed by atoms with Crippen LogP contribution in [-0.2, 0) is 0 Å². The number of rotatable bonds is 0. The first-order valence-corrected chi connectivity index (χ1v) is 15.9. The number of nitrogens with zero attached hydrogens (tertiary/aromatic N) is 4. The van der Waals surface area contributed by atoms with Crippen LogP contribution in [0, 0.1) is 0 Å². The highest BCUT2D eigenvalue weighted by Crippen LogP contribution is 2.50. The van der Waals surface area contributed by atoms with E-state index in [1.54, 1.807) is 0 Å². The van der Waals surface area contributed by atoms with Gasteiger partial charge < -0.3 is 8.80 Å². The maximum atomic E-state index is 5.66. The Morgan fingerprint density at radius 1 is 0.304 bits per heavy atom. The van der Waals surface area contributed by atoms with Crippen molar-refractivity contribution in [2.24, 2.45) is 0 Å². The second kappa shape index (κ2) is 7.17. The van der Waals surface area contributed by atoms with E-state index in [0.29, 0.717) is 0 Å². The van der Waals surface area contributed by atoms with Crippen molar-refractivity contribution in [3.63, 3.8) is 0 Å². The van der Waals surface area contributed by atoms with Gasteiger partial charge in [-0.1, -0.05) is 109 Å². The predicted molar refractivity (Wildman–Crippen MR) is 193 cm³/mol. The van der Waals surface area contributed by atoms with Crippen LogP contribution in [0.3, 0.4) is 0 Å². The van der Waals surface area contributed by atoms with E-state index < -0.39 is 0 Å². The topological polar surface area (TPSA) is 34.6 Å². The highest BCUT2D eigenvalue weighted by Gasteiger charge is 2.28. The molecule has 46 heavy (non-hydrogen) atoms. The number of benzene rings is 7. The lowest BCUT2D eigenvalue weighted by molar-refractivity contribution is 1.33. The Hall–Kier alpha value is -6.26. The van der Waals surface area contributed by atoms with E-state index >= 15 is 0 Å². The van der Waals surface area contributed by atoms with Crippen molar-refractivity contribution >= 4 is 120 Å². The molecule has 0 fully saturated rings. The molecule has 0 aliphatic carbocycles. The summed E-state index contributed by atoms with van der Waals surface area (Å²) in [6, 6.07) is 44.3. The monoisotopic (exact) mass is 580 g/mol. The molecule has 0 saturated carbocycles. The number of hydrogen-bond donors (Lipinski definition) is 0. The van der Waals surface area contributed by atoms with Crippen LogP contribution in [0.15, 0.2) is 121 Å². The van der Waals surface area contributed by atoms with Crippen molar-refractivity contribution in [1.29, 1.82) is 0 Å². The Balaban J connectivity index is 1.46. The molecule has 4 heteroatoms. The minimum Gasteiger partial charge on any atom is -0.306 e. The highest BCUT2D eigenvalue weighted by atomic mass is 15.0. The first-order valence-electron chi connectivity index (χ1n) is 15.9. The number of fused-ring (bicyclic) bond motifs is 19. The van der Waals surface area contributed by atoms with Gasteiger partial charge in [0.05, 0.1) is 44.1 Å². The maximum Gasteiger partial charge on any atom is 0.100 e. The zero-order valence-electron chi connectivity index (χ0n) is 24.3. The minimum absolute atomic E-state index is 0.977. The molecule has 0 aliphatic rings. The van der Waals surface area contributed by atoms with Crippen molar-refractivity contribution in [2.75, 3.05) is 0 Å². The van der Waals surface area contributed by atoms with Crippen LogP contribution in [0.25, 0.3) is 120 Å². The third kappa shape index (κ3) is 2.21. The van der Waals surface area contributed by atoms with Gasteiger partial charge in [-0.15, -0.1) is 0 Å². The molecule has 0 amide bonds. The van der Waals surface area contributed by atoms with Crippen LogP contribution in [0.1, 0.15) is 0 Å². The molecule has 13 aromatic rings. The minimum atomic E-state index is 0.977. The molecule has 0 radical (unpaired) electrons. The van der Waals surface area contributed by atoms with Crippen molar-refractivity contribution in [1.82, 2.24) is 18.8 Å². The standard InChI is InChI=1S/C42H20N4/c1-3-19-30-22(11-1)24-13-7-17-28-33-37-38(44-36-27-16-6-10-21-9-5-15-26(32(21)27)35(36)43-37)34-29-18-8-14-25-23-12-2-4-20-31(23)46(40(25)29)42(34)41(33)45(30)39(24)28/h1-20H. The van der Waals surface area contributed by atoms with E-state index in [1.165, 1.54) is 97.7 Å². The summed E-state index contributed by atoms with van der Waals surface area (Å²) in [5.74, 6) is 0. The third-order valence-corrected chi connectivity index (χ3v) is 10.9. The molecule has 8 aromatic carbocycles. The second-order valence-corrected chi connectivity index (χ2v) is 12.9. The molecule has 13 rings (SSSR count). The largest absolute Gasteiger partial charge is 0.306 e. The van der Waals surface area contributed by atoms with E-state index in [4.69, 9.17) is 9.97 Å². The molecule has 0 saturated heterocycles. The normalized spacial score (nSPS) is 13.2. The summed E-state index contributed by atoms with van der Waals surface area (Å²) < 4.78 is 5.04. The van der Waals surface area contributed by atoms with Crippen molar-refractivity contribution in [3.05, 3.63) is 121 Å². The van der Waals surface area contributed by atoms with E-state index in [2.05, 4.69) is 130 Å². The molecule has 0 spiro atoms. The molecular formula is C42H20N4. The molecule has 208 valence electrons. The average Bonchev–Trinajstić information content (AvgIpc) is 3.89. The van der Waals surface area contributed by atoms with Gasteiger partial charge in [0, 0.05) is 59.2 Å². The van der Waals surface area contributed by atoms with Crippen LogP contribution >= 0.6 is 0 Å². The lowest BCUT2D eigenvalue weighted by Gasteiger charge is -2.08. The second-order valence-electron chi connectivity index (χ2n) is 12.9. The first kappa shape index (κ1) is 22.3. The fourth-order valence-corrected chi connectivity index (χ4v) is 9.21. The Kier molecular flexibility index (Phi) is 3.47. The summed E-state index contributed by atoms with van der Waals surface area (Å²) in [7, 11) is 0. The highest BCUT2D eigenvalue weighted by molar-refractivity contribution is 6.40. The lowest BCUT2D eigenvalue weighted by Crippen LogP contribution is -1.92. The van der Waals surface area contributed by atoms with E-state index in [1.807, 2.05) is 0 Å². The third-order valence-electron chi connectivity index (χ3n) is 10.9. The van der Waals surface area contributed by atoms with Gasteiger partial charge in [-0.05, 0) is 17.5 Å². The molecule has 5 heterocycles. The van der Waals surface area contributed by atoms with Gasteiger partial charge >= 0.3 is 0 Å². The smallest absolute Gasteiger partial charge is 0.100 e. The fourth-order valence-electron chi connectivity index (χ4n) is 9.21. The molecular weight excluding hydrogens is 560 g/mol. The molecule has 0 atom stereocenters. The quantitative estimate of drug-likeness (QED) is 0.179. The van der Waals surface area contributed by atoms with Gasteiger partial charge in [0.25, 0.3) is 0 Å². The Labute approximate surface area is 259 Å². The zero-order valence-corrected chi connectivity index (χ0v) is 24.3. The van der Waals surface area contributed by atoms with Gasteiger partial charge in [-0.2, -0.15) is 0 Å². The summed E-state index contributed by atoms with van der Waals surface area (Å²) in [5, 5.41) is 14.7. The zero-order chi connectivity index (χ0) is 29.4. The molecule has 0 bridgehead atoms. The van der Waals surface area contributed by atoms with Gasteiger partial charge in [-0.3, -0.25) is 0 Å². The first-order chi connectivity index (χ1) is 22.9. The lowest BCUT2D eigenvalue weighted by atomic mass is 10.0. The molecule has 5 aromatic heterocycles. The fraction of sp³-hybridized carbons (Fsp3) is 0. The SMILES string of the molecule is c1cc2cccc3c4nc5c(nc4c(c1)c23)c1c2cccc3c4ccccc4n(c32)c1c1c5c2cccc3c4ccccc4n1c32. The van der Waals surface area contributed by atoms with E-state index in [9.17, 15) is 0 Å². The van der Waals surface area contributed by atoms with Crippen LogP contribution in [-0.4, -0.2) is 18.8 Å². The predicted octanol–water partition coefficient (Wildman–Crippen LogP) is 10.8. The Morgan fingerprint density at radius 2 is 0.717 bits per heavy atom. The van der Waals surface area contributed by atoms with Crippen molar-refractivity contribution in [2.45, 2.75) is 0 Å². The summed E-state index contributed by atoms with van der Waals surface area (Å²) in [6.45, 7) is 0. The van der Waals surface area contributed by atoms with Crippen molar-refractivity contribution in [3.8, 4) is 0 Å². The molecule has 4 nitrogen and oxygen atoms in total. The Morgan fingerprint density at radius 3 is 1.24 bits per heavy atom. The van der Waals surface area contributed by atoms with E-state index in [-0.39, 0.29) is 0 Å². The summed E-state index contributed by atoms with van der Waals surface area (Å²) >= 11 is 0. The maximum absolute atomic E-state index is 5.66. The van der Waals surface area contributed by atoms with Crippen molar-refractivity contribution < 1.29 is 0 Å². The van der Waals surface area contributed by atoms with Gasteiger partial charge in [0.2, 0.25) is 0 Å². The number of aromatic nitrogens is 4. The van der Waals surface area contributed by atoms with Crippen LogP contribution in [0.4, 0.5) is 0 Å². The van der Waals surface area contributed by atoms with Crippen LogP contribution in [0.2, 0.25) is 0 Å². The van der Waals surface area contributed by atoms with Gasteiger partial charge in [0.15, 0.2) is 0 Å². The molecule has 0 unspecified atom stereocenters. The number of para-hydroxylation sites is 4. The molecule has 0 N–H and O–H groups in total. The summed E-state index contributed by atoms with van der Waals surface area (Å²) in [6.07, 6.45) is 0. The summed E-state index contributed by atoms with van der Waals surface area (Å²) in [5.41, 5.74) is 11.3. The molecule has 0 aliphatic heterocycles. The van der Waals surface area contributed by atoms with Crippen LogP contribution in [0.5, 0.6) is 0 Å². The average molecular weight is 581 g/mol. The Bertz CT molecular complexity index is 3250. The van der Waals surface area contributed by atoms with E-state index in [0.717, 1.165) is 22.1 Å².